The molecule has 1 aromatic rings. The minimum atomic E-state index is -0.830. The van der Waals surface area contributed by atoms with Crippen LogP contribution in [-0.2, 0) is 22.7 Å². The van der Waals surface area contributed by atoms with Gasteiger partial charge < -0.3 is 11.1 Å². The molecule has 2 rings (SSSR count). The number of benzene rings is 1. The van der Waals surface area contributed by atoms with Crippen molar-refractivity contribution in [2.45, 2.75) is 25.2 Å². The summed E-state index contributed by atoms with van der Waals surface area (Å²) in [5.74, 6) is -1.53. The third-order valence-corrected chi connectivity index (χ3v) is 3.21. The van der Waals surface area contributed by atoms with E-state index in [1.54, 1.807) is 12.1 Å². The molecule has 7 heteroatoms. The molecule has 19 heavy (non-hydrogen) atoms. The Hall–Kier alpha value is -1.34. The number of carbonyl (C=O) groups is 2. The van der Waals surface area contributed by atoms with Crippen LogP contribution in [0.1, 0.15) is 11.1 Å². The van der Waals surface area contributed by atoms with E-state index in [1.807, 2.05) is 0 Å². The fourth-order valence-electron chi connectivity index (χ4n) is 1.93. The zero-order chi connectivity index (χ0) is 14.0. The van der Waals surface area contributed by atoms with Gasteiger partial charge in [0.2, 0.25) is 11.6 Å². The Morgan fingerprint density at radius 3 is 2.63 bits per heavy atom. The molecule has 0 saturated heterocycles. The maximum absolute atomic E-state index is 13.6. The molecule has 0 radical (unpaired) electrons. The van der Waals surface area contributed by atoms with Crippen LogP contribution >= 0.6 is 11.8 Å². The van der Waals surface area contributed by atoms with Crippen LogP contribution < -0.4 is 15.9 Å². The standard InChI is InChI=1S/C12H13ClFN3O2/c13-17-4-6-1-2-8(14)7(3-6)5-16-10-9(15)11(18)12(10)19/h1-3,9-10,16-17H,4-5,15H2. The fourth-order valence-corrected chi connectivity index (χ4v) is 2.08. The predicted octanol–water partition coefficient (Wildman–Crippen LogP) is 0.00640. The molecule has 1 fully saturated rings. The molecule has 2 atom stereocenters. The lowest BCUT2D eigenvalue weighted by molar-refractivity contribution is -0.146. The van der Waals surface area contributed by atoms with Crippen LogP contribution in [0.3, 0.4) is 0 Å². The number of nitrogens with one attached hydrogen (secondary N) is 2. The molecule has 0 amide bonds. The van der Waals surface area contributed by atoms with Crippen LogP contribution in [0.15, 0.2) is 18.2 Å². The molecule has 0 bridgehead atoms. The second-order valence-corrected chi connectivity index (χ2v) is 4.62. The highest BCUT2D eigenvalue weighted by Gasteiger charge is 2.46. The van der Waals surface area contributed by atoms with Gasteiger partial charge in [0.15, 0.2) is 0 Å². The molecule has 4 N–H and O–H groups in total. The molecule has 0 aliphatic heterocycles. The Bertz CT molecular complexity index is 524. The number of carbonyl (C=O) groups excluding carboxylic acids is 2. The van der Waals surface area contributed by atoms with Crippen LogP contribution in [0, 0.1) is 5.82 Å². The number of Topliss-reactive ketones (excluding diaryl/α,β-unsaturated/α-hetero) is 2. The molecule has 5 nitrogen and oxygen atoms in total. The topological polar surface area (TPSA) is 84.2 Å². The summed E-state index contributed by atoms with van der Waals surface area (Å²) in [5.41, 5.74) is 6.69. The van der Waals surface area contributed by atoms with Crippen LogP contribution in [0.2, 0.25) is 0 Å². The summed E-state index contributed by atoms with van der Waals surface area (Å²) in [7, 11) is 0. The Morgan fingerprint density at radius 1 is 1.26 bits per heavy atom. The van der Waals surface area contributed by atoms with Crippen molar-refractivity contribution >= 4 is 23.3 Å². The number of hydrogen-bond donors (Lipinski definition) is 3. The normalized spacial score (nSPS) is 22.5. The van der Waals surface area contributed by atoms with Crippen molar-refractivity contribution in [1.82, 2.24) is 10.2 Å². The van der Waals surface area contributed by atoms with Gasteiger partial charge in [0.1, 0.15) is 5.82 Å². The number of rotatable bonds is 5. The van der Waals surface area contributed by atoms with Gasteiger partial charge in [-0.25, -0.2) is 9.23 Å². The number of nitrogens with two attached hydrogens (primary N) is 1. The average molecular weight is 286 g/mol. The molecular formula is C12H13ClFN3O2. The second-order valence-electron chi connectivity index (χ2n) is 4.35. The first kappa shape index (κ1) is 14.1. The predicted molar refractivity (Wildman–Crippen MR) is 67.7 cm³/mol. The van der Waals surface area contributed by atoms with Crippen molar-refractivity contribution in [2.24, 2.45) is 5.73 Å². The van der Waals surface area contributed by atoms with Gasteiger partial charge in [-0.1, -0.05) is 12.1 Å². The van der Waals surface area contributed by atoms with Crippen LogP contribution in [0.25, 0.3) is 0 Å². The van der Waals surface area contributed by atoms with Gasteiger partial charge in [-0.3, -0.25) is 9.59 Å². The van der Waals surface area contributed by atoms with E-state index in [9.17, 15) is 14.0 Å². The number of hydrogen-bond acceptors (Lipinski definition) is 5. The van der Waals surface area contributed by atoms with E-state index in [4.69, 9.17) is 17.5 Å². The van der Waals surface area contributed by atoms with E-state index in [0.29, 0.717) is 12.1 Å². The Balaban J connectivity index is 2.01. The van der Waals surface area contributed by atoms with Gasteiger partial charge >= 0.3 is 0 Å². The zero-order valence-corrected chi connectivity index (χ0v) is 10.7. The summed E-state index contributed by atoms with van der Waals surface area (Å²) >= 11 is 5.38. The van der Waals surface area contributed by atoms with E-state index in [0.717, 1.165) is 5.56 Å². The zero-order valence-electron chi connectivity index (χ0n) is 9.95. The highest BCUT2D eigenvalue weighted by Crippen LogP contribution is 2.14. The van der Waals surface area contributed by atoms with Gasteiger partial charge in [0.05, 0.1) is 12.1 Å². The van der Waals surface area contributed by atoms with Crippen molar-refractivity contribution < 1.29 is 14.0 Å². The van der Waals surface area contributed by atoms with Gasteiger partial charge in [-0.15, -0.1) is 0 Å². The molecule has 1 saturated carbocycles. The lowest BCUT2D eigenvalue weighted by Gasteiger charge is -2.30. The van der Waals surface area contributed by atoms with Gasteiger partial charge in [0.25, 0.3) is 0 Å². The highest BCUT2D eigenvalue weighted by atomic mass is 35.5. The summed E-state index contributed by atoms with van der Waals surface area (Å²) in [6.07, 6.45) is 0. The molecule has 1 aliphatic carbocycles. The third-order valence-electron chi connectivity index (χ3n) is 3.08. The minimum Gasteiger partial charge on any atom is -0.319 e. The molecule has 102 valence electrons. The lowest BCUT2D eigenvalue weighted by atomic mass is 9.84. The molecule has 0 spiro atoms. The average Bonchev–Trinajstić information content (AvgIpc) is 2.42. The first-order chi connectivity index (χ1) is 9.04. The number of halogens is 2. The SMILES string of the molecule is NC1C(=O)C(=O)C1NCc1cc(CNCl)ccc1F. The monoisotopic (exact) mass is 285 g/mol. The summed E-state index contributed by atoms with van der Waals surface area (Å²) < 4.78 is 13.6. The Morgan fingerprint density at radius 2 is 2.00 bits per heavy atom. The quantitative estimate of drug-likeness (QED) is 0.524. The maximum Gasteiger partial charge on any atom is 0.219 e. The fraction of sp³-hybridized carbons (Fsp3) is 0.333. The van der Waals surface area contributed by atoms with Crippen molar-refractivity contribution in [2.75, 3.05) is 0 Å². The van der Waals surface area contributed by atoms with Crippen LogP contribution in [-0.4, -0.2) is 23.7 Å². The third kappa shape index (κ3) is 2.82. The van der Waals surface area contributed by atoms with Gasteiger partial charge in [-0.2, -0.15) is 0 Å². The molecule has 1 aromatic carbocycles. The molecular weight excluding hydrogens is 273 g/mol. The lowest BCUT2D eigenvalue weighted by Crippen LogP contribution is -2.67. The van der Waals surface area contributed by atoms with Crippen LogP contribution in [0.4, 0.5) is 4.39 Å². The molecule has 2 unspecified atom stereocenters. The van der Waals surface area contributed by atoms with E-state index in [1.165, 1.54) is 6.07 Å². The molecule has 0 heterocycles. The smallest absolute Gasteiger partial charge is 0.219 e. The highest BCUT2D eigenvalue weighted by molar-refractivity contribution is 6.48. The van der Waals surface area contributed by atoms with E-state index >= 15 is 0 Å². The Kier molecular flexibility index (Phi) is 4.26. The van der Waals surface area contributed by atoms with E-state index < -0.39 is 29.5 Å². The summed E-state index contributed by atoms with van der Waals surface area (Å²) in [5, 5.41) is 2.79. The second kappa shape index (κ2) is 5.75. The minimum absolute atomic E-state index is 0.124. The van der Waals surface area contributed by atoms with Crippen LogP contribution in [0.5, 0.6) is 0 Å². The molecule has 1 aliphatic rings. The summed E-state index contributed by atoms with van der Waals surface area (Å²) in [6, 6.07) is 3.02. The first-order valence-corrected chi connectivity index (χ1v) is 6.10. The van der Waals surface area contributed by atoms with Gasteiger partial charge in [-0.05, 0) is 23.4 Å². The summed E-state index contributed by atoms with van der Waals surface area (Å²) in [6.45, 7) is 0.522. The molecule has 0 aromatic heterocycles. The van der Waals surface area contributed by atoms with Crippen molar-refractivity contribution in [3.63, 3.8) is 0 Å². The van der Waals surface area contributed by atoms with E-state index in [2.05, 4.69) is 10.2 Å². The Labute approximate surface area is 114 Å². The number of ketones is 2. The van der Waals surface area contributed by atoms with Crippen molar-refractivity contribution in [3.05, 3.63) is 35.1 Å². The van der Waals surface area contributed by atoms with Crippen molar-refractivity contribution in [3.8, 4) is 0 Å². The first-order valence-electron chi connectivity index (χ1n) is 5.72. The van der Waals surface area contributed by atoms with E-state index in [-0.39, 0.29) is 6.54 Å². The van der Waals surface area contributed by atoms with Crippen molar-refractivity contribution in [1.29, 1.82) is 0 Å². The maximum atomic E-state index is 13.6. The van der Waals surface area contributed by atoms with Gasteiger partial charge in [0, 0.05) is 18.7 Å². The summed E-state index contributed by atoms with van der Waals surface area (Å²) in [4.78, 5) is 24.7. The largest absolute Gasteiger partial charge is 0.319 e.